The smallest absolute Gasteiger partial charge is 0.274 e. The number of hydrogen-bond acceptors (Lipinski definition) is 6. The van der Waals surface area contributed by atoms with Gasteiger partial charge in [0.2, 0.25) is 5.95 Å². The van der Waals surface area contributed by atoms with E-state index in [0.717, 1.165) is 38.1 Å². The summed E-state index contributed by atoms with van der Waals surface area (Å²) < 4.78 is 0. The molecule has 0 unspecified atom stereocenters. The first-order valence-corrected chi connectivity index (χ1v) is 8.39. The van der Waals surface area contributed by atoms with Crippen LogP contribution < -0.4 is 10.2 Å². The second kappa shape index (κ2) is 10.00. The van der Waals surface area contributed by atoms with Crippen LogP contribution in [0.2, 0.25) is 0 Å². The highest BCUT2D eigenvalue weighted by molar-refractivity contribution is 14.0. The summed E-state index contributed by atoms with van der Waals surface area (Å²) in [6.45, 7) is 3.47. The van der Waals surface area contributed by atoms with Crippen LogP contribution in [0.4, 0.5) is 11.6 Å². The SMILES string of the molecule is CN=C(NCc1ccccc1[N+](=O)[O-])N1CCN(c2ncccn2)CC1.I. The Bertz CT molecular complexity index is 780. The lowest BCUT2D eigenvalue weighted by Crippen LogP contribution is -2.52. The lowest BCUT2D eigenvalue weighted by Gasteiger charge is -2.36. The number of hydrogen-bond donors (Lipinski definition) is 1. The fraction of sp³-hybridized carbons (Fsp3) is 0.353. The van der Waals surface area contributed by atoms with Gasteiger partial charge >= 0.3 is 0 Å². The molecular weight excluding hydrogens is 461 g/mol. The van der Waals surface area contributed by atoms with E-state index in [1.165, 1.54) is 6.07 Å². The summed E-state index contributed by atoms with van der Waals surface area (Å²) >= 11 is 0. The molecule has 1 saturated heterocycles. The molecule has 1 aromatic heterocycles. The topological polar surface area (TPSA) is 99.8 Å². The first-order chi connectivity index (χ1) is 12.7. The van der Waals surface area contributed by atoms with Crippen molar-refractivity contribution >= 4 is 41.6 Å². The fourth-order valence-corrected chi connectivity index (χ4v) is 2.92. The normalized spacial score (nSPS) is 14.5. The molecule has 144 valence electrons. The van der Waals surface area contributed by atoms with Crippen molar-refractivity contribution < 1.29 is 4.92 Å². The number of anilines is 1. The van der Waals surface area contributed by atoms with Gasteiger partial charge in [-0.15, -0.1) is 24.0 Å². The molecule has 9 nitrogen and oxygen atoms in total. The number of rotatable bonds is 4. The second-order valence-corrected chi connectivity index (χ2v) is 5.81. The van der Waals surface area contributed by atoms with Crippen molar-refractivity contribution in [3.63, 3.8) is 0 Å². The van der Waals surface area contributed by atoms with E-state index in [-0.39, 0.29) is 34.6 Å². The summed E-state index contributed by atoms with van der Waals surface area (Å²) in [6, 6.07) is 8.53. The molecule has 10 heteroatoms. The summed E-state index contributed by atoms with van der Waals surface area (Å²) in [5, 5.41) is 14.4. The van der Waals surface area contributed by atoms with E-state index in [4.69, 9.17) is 0 Å². The molecule has 1 fully saturated rings. The maximum atomic E-state index is 11.1. The van der Waals surface area contributed by atoms with E-state index in [2.05, 4.69) is 30.1 Å². The molecule has 1 aliphatic rings. The Morgan fingerprint density at radius 1 is 1.19 bits per heavy atom. The maximum Gasteiger partial charge on any atom is 0.274 e. The third kappa shape index (κ3) is 5.25. The Morgan fingerprint density at radius 3 is 2.48 bits per heavy atom. The monoisotopic (exact) mass is 483 g/mol. The van der Waals surface area contributed by atoms with Crippen LogP contribution in [-0.2, 0) is 6.54 Å². The van der Waals surface area contributed by atoms with Crippen molar-refractivity contribution in [3.8, 4) is 0 Å². The summed E-state index contributed by atoms with van der Waals surface area (Å²) in [6.07, 6.45) is 3.48. The maximum absolute atomic E-state index is 11.1. The van der Waals surface area contributed by atoms with Crippen LogP contribution >= 0.6 is 24.0 Å². The quantitative estimate of drug-likeness (QED) is 0.233. The van der Waals surface area contributed by atoms with E-state index in [9.17, 15) is 10.1 Å². The van der Waals surface area contributed by atoms with E-state index in [1.54, 1.807) is 43.7 Å². The van der Waals surface area contributed by atoms with E-state index in [1.807, 2.05) is 0 Å². The molecule has 0 radical (unpaired) electrons. The number of aromatic nitrogens is 2. The predicted octanol–water partition coefficient (Wildman–Crippen LogP) is 1.90. The molecule has 2 heterocycles. The molecule has 0 amide bonds. The van der Waals surface area contributed by atoms with Crippen LogP contribution in [0.25, 0.3) is 0 Å². The standard InChI is InChI=1S/C17H21N7O2.HI/c1-18-16(21-13-14-5-2-3-6-15(14)24(25)26)22-9-11-23(12-10-22)17-19-7-4-8-20-17;/h2-8H,9-13H2,1H3,(H,18,21);1H. The Morgan fingerprint density at radius 2 is 1.85 bits per heavy atom. The van der Waals surface area contributed by atoms with Crippen molar-refractivity contribution in [2.75, 3.05) is 38.1 Å². The molecule has 1 aliphatic heterocycles. The molecule has 1 N–H and O–H groups in total. The molecule has 0 bridgehead atoms. The summed E-state index contributed by atoms with van der Waals surface area (Å²) in [4.78, 5) is 27.9. The van der Waals surface area contributed by atoms with Gasteiger partial charge in [-0.05, 0) is 6.07 Å². The zero-order valence-electron chi connectivity index (χ0n) is 15.0. The highest BCUT2D eigenvalue weighted by Crippen LogP contribution is 2.17. The summed E-state index contributed by atoms with van der Waals surface area (Å²) in [5.41, 5.74) is 0.747. The van der Waals surface area contributed by atoms with Gasteiger partial charge in [-0.3, -0.25) is 15.1 Å². The van der Waals surface area contributed by atoms with E-state index < -0.39 is 0 Å². The van der Waals surface area contributed by atoms with Crippen molar-refractivity contribution in [1.29, 1.82) is 0 Å². The first-order valence-electron chi connectivity index (χ1n) is 8.39. The number of nitro benzene ring substituents is 1. The lowest BCUT2D eigenvalue weighted by molar-refractivity contribution is -0.385. The Hall–Kier alpha value is -2.50. The first kappa shape index (κ1) is 20.8. The number of nitrogens with zero attached hydrogens (tertiary/aromatic N) is 6. The minimum atomic E-state index is -0.363. The predicted molar refractivity (Wildman–Crippen MR) is 115 cm³/mol. The average Bonchev–Trinajstić information content (AvgIpc) is 2.70. The van der Waals surface area contributed by atoms with Gasteiger partial charge < -0.3 is 15.1 Å². The van der Waals surface area contributed by atoms with E-state index in [0.29, 0.717) is 12.1 Å². The number of benzene rings is 1. The number of para-hydroxylation sites is 1. The molecule has 27 heavy (non-hydrogen) atoms. The molecule has 0 atom stereocenters. The number of guanidine groups is 1. The van der Waals surface area contributed by atoms with Crippen LogP contribution in [0.5, 0.6) is 0 Å². The van der Waals surface area contributed by atoms with Gasteiger partial charge in [0, 0.05) is 63.8 Å². The van der Waals surface area contributed by atoms with Crippen LogP contribution in [-0.4, -0.2) is 59.0 Å². The molecule has 0 spiro atoms. The van der Waals surface area contributed by atoms with Crippen LogP contribution in [0.3, 0.4) is 0 Å². The fourth-order valence-electron chi connectivity index (χ4n) is 2.92. The Balaban J connectivity index is 0.00000261. The zero-order chi connectivity index (χ0) is 18.4. The third-order valence-corrected chi connectivity index (χ3v) is 4.25. The Labute approximate surface area is 174 Å². The molecular formula is C17H22IN7O2. The third-order valence-electron chi connectivity index (χ3n) is 4.25. The van der Waals surface area contributed by atoms with Gasteiger partial charge in [0.1, 0.15) is 0 Å². The lowest BCUT2D eigenvalue weighted by atomic mass is 10.2. The van der Waals surface area contributed by atoms with Gasteiger partial charge in [-0.1, -0.05) is 18.2 Å². The Kier molecular flexibility index (Phi) is 7.70. The molecule has 2 aromatic rings. The minimum absolute atomic E-state index is 0. The van der Waals surface area contributed by atoms with Crippen LogP contribution in [0.1, 0.15) is 5.56 Å². The van der Waals surface area contributed by atoms with Gasteiger partial charge in [0.05, 0.1) is 4.92 Å². The average molecular weight is 483 g/mol. The zero-order valence-corrected chi connectivity index (χ0v) is 17.3. The number of piperazine rings is 1. The number of nitrogens with one attached hydrogen (secondary N) is 1. The van der Waals surface area contributed by atoms with E-state index >= 15 is 0 Å². The number of nitro groups is 1. The van der Waals surface area contributed by atoms with Gasteiger partial charge in [-0.2, -0.15) is 0 Å². The highest BCUT2D eigenvalue weighted by atomic mass is 127. The van der Waals surface area contributed by atoms with Crippen molar-refractivity contribution in [3.05, 3.63) is 58.4 Å². The van der Waals surface area contributed by atoms with Gasteiger partial charge in [0.15, 0.2) is 5.96 Å². The number of halogens is 1. The van der Waals surface area contributed by atoms with Crippen molar-refractivity contribution in [1.82, 2.24) is 20.2 Å². The van der Waals surface area contributed by atoms with Gasteiger partial charge in [0.25, 0.3) is 5.69 Å². The summed E-state index contributed by atoms with van der Waals surface area (Å²) in [5.74, 6) is 1.46. The van der Waals surface area contributed by atoms with Crippen molar-refractivity contribution in [2.24, 2.45) is 4.99 Å². The summed E-state index contributed by atoms with van der Waals surface area (Å²) in [7, 11) is 1.72. The molecule has 0 saturated carbocycles. The van der Waals surface area contributed by atoms with Crippen LogP contribution in [0.15, 0.2) is 47.7 Å². The molecule has 1 aromatic carbocycles. The second-order valence-electron chi connectivity index (χ2n) is 5.81. The van der Waals surface area contributed by atoms with Gasteiger partial charge in [-0.25, -0.2) is 9.97 Å². The minimum Gasteiger partial charge on any atom is -0.352 e. The highest BCUT2D eigenvalue weighted by Gasteiger charge is 2.21. The number of aliphatic imine (C=N–C) groups is 1. The van der Waals surface area contributed by atoms with Crippen LogP contribution in [0, 0.1) is 10.1 Å². The largest absolute Gasteiger partial charge is 0.352 e. The van der Waals surface area contributed by atoms with Crippen molar-refractivity contribution in [2.45, 2.75) is 6.54 Å². The molecule has 0 aliphatic carbocycles. The molecule has 3 rings (SSSR count).